The first kappa shape index (κ1) is 26.1. The van der Waals surface area contributed by atoms with Crippen molar-refractivity contribution in [3.05, 3.63) is 63.0 Å². The first-order valence-electron chi connectivity index (χ1n) is 11.5. The predicted octanol–water partition coefficient (Wildman–Crippen LogP) is 7.62. The molecule has 0 bridgehead atoms. The van der Waals surface area contributed by atoms with Crippen molar-refractivity contribution in [2.24, 2.45) is 0 Å². The van der Waals surface area contributed by atoms with Crippen molar-refractivity contribution in [3.63, 3.8) is 0 Å². The van der Waals surface area contributed by atoms with Gasteiger partial charge in [0.25, 0.3) is 0 Å². The normalized spacial score (nSPS) is 12.7. The summed E-state index contributed by atoms with van der Waals surface area (Å²) in [6.07, 6.45) is 9.27. The molecule has 3 aromatic rings. The molecular weight excluding hydrogens is 464 g/mol. The molecule has 2 unspecified atom stereocenters. The minimum Gasteiger partial charge on any atom is -0.496 e. The third-order valence-corrected chi connectivity index (χ3v) is 7.20. The van der Waals surface area contributed by atoms with Gasteiger partial charge >= 0.3 is 0 Å². The van der Waals surface area contributed by atoms with Gasteiger partial charge in [-0.15, -0.1) is 17.8 Å². The number of methoxy groups -OCH3 is 2. The Morgan fingerprint density at radius 3 is 2.53 bits per heavy atom. The smallest absolute Gasteiger partial charge is 0.184 e. The van der Waals surface area contributed by atoms with Crippen LogP contribution in [0, 0.1) is 26.2 Å². The fourth-order valence-corrected chi connectivity index (χ4v) is 5.25. The molecule has 0 fully saturated rings. The number of hydrogen-bond acceptors (Lipinski definition) is 5. The van der Waals surface area contributed by atoms with Gasteiger partial charge in [0.2, 0.25) is 0 Å². The van der Waals surface area contributed by atoms with E-state index in [1.165, 1.54) is 5.56 Å². The molecule has 0 radical (unpaired) electrons. The first-order valence-corrected chi connectivity index (χ1v) is 12.7. The summed E-state index contributed by atoms with van der Waals surface area (Å²) in [4.78, 5) is 5.97. The van der Waals surface area contributed by atoms with E-state index in [0.29, 0.717) is 11.6 Å². The van der Waals surface area contributed by atoms with Crippen LogP contribution in [0.25, 0.3) is 11.3 Å². The van der Waals surface area contributed by atoms with Crippen LogP contribution in [-0.2, 0) is 11.3 Å². The number of nitrogens with one attached hydrogen (secondary N) is 1. The maximum atomic E-state index is 6.57. The molecule has 0 saturated carbocycles. The van der Waals surface area contributed by atoms with Crippen molar-refractivity contribution in [2.45, 2.75) is 58.6 Å². The van der Waals surface area contributed by atoms with E-state index in [2.05, 4.69) is 49.4 Å². The van der Waals surface area contributed by atoms with Gasteiger partial charge in [-0.3, -0.25) is 0 Å². The minimum atomic E-state index is -0.175. The summed E-state index contributed by atoms with van der Waals surface area (Å²) in [6, 6.07) is 12.3. The van der Waals surface area contributed by atoms with Gasteiger partial charge in [0.1, 0.15) is 5.75 Å². The summed E-state index contributed by atoms with van der Waals surface area (Å²) >= 11 is 8.17. The third-order valence-electron chi connectivity index (χ3n) is 5.98. The lowest BCUT2D eigenvalue weighted by atomic mass is 9.87. The lowest BCUT2D eigenvalue weighted by molar-refractivity contribution is 0.185. The van der Waals surface area contributed by atoms with Gasteiger partial charge in [0, 0.05) is 23.5 Å². The highest BCUT2D eigenvalue weighted by Crippen LogP contribution is 2.38. The number of unbranched alkanes of at least 4 members (excludes halogenated alkanes) is 1. The number of terminal acetylenes is 1. The molecule has 0 aliphatic rings. The average Bonchev–Trinajstić information content (AvgIpc) is 3.20. The van der Waals surface area contributed by atoms with Gasteiger partial charge in [0.15, 0.2) is 5.13 Å². The topological polar surface area (TPSA) is 43.4 Å². The molecular formula is C28H33ClN2O2S. The number of hydrogen-bond donors (Lipinski definition) is 1. The van der Waals surface area contributed by atoms with E-state index in [-0.39, 0.29) is 12.0 Å². The summed E-state index contributed by atoms with van der Waals surface area (Å²) < 4.78 is 10.6. The predicted molar refractivity (Wildman–Crippen MR) is 144 cm³/mol. The zero-order valence-corrected chi connectivity index (χ0v) is 22.1. The molecule has 2 atom stereocenters. The maximum Gasteiger partial charge on any atom is 0.184 e. The van der Waals surface area contributed by atoms with E-state index in [1.807, 2.05) is 19.1 Å². The maximum absolute atomic E-state index is 6.57. The van der Waals surface area contributed by atoms with Crippen molar-refractivity contribution in [2.75, 3.05) is 19.5 Å². The zero-order valence-electron chi connectivity index (χ0n) is 20.6. The number of anilines is 1. The molecule has 0 spiro atoms. The number of ether oxygens (including phenoxy) is 2. The van der Waals surface area contributed by atoms with Crippen LogP contribution in [0.3, 0.4) is 0 Å². The Morgan fingerprint density at radius 1 is 1.18 bits per heavy atom. The lowest BCUT2D eigenvalue weighted by Crippen LogP contribution is -2.26. The van der Waals surface area contributed by atoms with Crippen molar-refractivity contribution in [1.29, 1.82) is 0 Å². The van der Waals surface area contributed by atoms with Crippen LogP contribution in [-0.4, -0.2) is 25.2 Å². The molecule has 1 N–H and O–H groups in total. The Bertz CT molecular complexity index is 1130. The summed E-state index contributed by atoms with van der Waals surface area (Å²) in [5.41, 5.74) is 5.16. The average molecular weight is 497 g/mol. The summed E-state index contributed by atoms with van der Waals surface area (Å²) in [7, 11) is 3.36. The largest absolute Gasteiger partial charge is 0.496 e. The standard InChI is InChI=1S/C28H33ClN2O2S/c1-7-9-10-22(21-13-11-20(12-14-21)17-32-5)25(8-2)30-28-31-27(19(4)34-28)23-15-18(3)26(33-6)16-24(23)29/h2,11-16,22,25H,7,9-10,17H2,1,3-6H3,(H,30,31). The van der Waals surface area contributed by atoms with Crippen LogP contribution in [0.2, 0.25) is 5.02 Å². The Hall–Kier alpha value is -2.52. The first-order chi connectivity index (χ1) is 16.4. The lowest BCUT2D eigenvalue weighted by Gasteiger charge is -2.24. The molecule has 180 valence electrons. The highest BCUT2D eigenvalue weighted by Gasteiger charge is 2.23. The van der Waals surface area contributed by atoms with Gasteiger partial charge in [-0.25, -0.2) is 4.98 Å². The van der Waals surface area contributed by atoms with Crippen molar-refractivity contribution in [3.8, 4) is 29.4 Å². The van der Waals surface area contributed by atoms with Gasteiger partial charge in [-0.1, -0.05) is 61.6 Å². The fourth-order valence-electron chi connectivity index (χ4n) is 4.14. The Kier molecular flexibility index (Phi) is 9.41. The van der Waals surface area contributed by atoms with E-state index in [0.717, 1.165) is 57.4 Å². The van der Waals surface area contributed by atoms with Crippen LogP contribution < -0.4 is 10.1 Å². The number of nitrogens with zero attached hydrogens (tertiary/aromatic N) is 1. The molecule has 0 aliphatic carbocycles. The van der Waals surface area contributed by atoms with Crippen molar-refractivity contribution < 1.29 is 9.47 Å². The van der Waals surface area contributed by atoms with Gasteiger partial charge in [0.05, 0.1) is 30.5 Å². The summed E-state index contributed by atoms with van der Waals surface area (Å²) in [6.45, 7) is 6.87. The van der Waals surface area contributed by atoms with Crippen molar-refractivity contribution >= 4 is 28.1 Å². The zero-order chi connectivity index (χ0) is 24.7. The van der Waals surface area contributed by atoms with E-state index in [9.17, 15) is 0 Å². The number of rotatable bonds is 11. The quantitative estimate of drug-likeness (QED) is 0.277. The second kappa shape index (κ2) is 12.3. The van der Waals surface area contributed by atoms with E-state index >= 15 is 0 Å². The monoisotopic (exact) mass is 496 g/mol. The number of aromatic nitrogens is 1. The Morgan fingerprint density at radius 2 is 1.91 bits per heavy atom. The molecule has 2 aromatic carbocycles. The van der Waals surface area contributed by atoms with Crippen LogP contribution in [0.5, 0.6) is 5.75 Å². The van der Waals surface area contributed by atoms with Gasteiger partial charge in [-0.05, 0) is 49.1 Å². The minimum absolute atomic E-state index is 0.175. The summed E-state index contributed by atoms with van der Waals surface area (Å²) in [5, 5.41) is 4.96. The SMILES string of the molecule is C#CC(Nc1nc(-c2cc(C)c(OC)cc2Cl)c(C)s1)C(CCCC)c1ccc(COC)cc1. The van der Waals surface area contributed by atoms with E-state index in [1.54, 1.807) is 25.6 Å². The van der Waals surface area contributed by atoms with Crippen LogP contribution >= 0.6 is 22.9 Å². The Labute approximate surface area is 212 Å². The van der Waals surface area contributed by atoms with Crippen LogP contribution in [0.1, 0.15) is 53.7 Å². The highest BCUT2D eigenvalue weighted by molar-refractivity contribution is 7.16. The third kappa shape index (κ3) is 6.13. The number of thiazole rings is 1. The number of halogens is 1. The van der Waals surface area contributed by atoms with E-state index in [4.69, 9.17) is 32.5 Å². The summed E-state index contributed by atoms with van der Waals surface area (Å²) in [5.74, 6) is 3.94. The number of aryl methyl sites for hydroxylation is 2. The molecule has 0 saturated heterocycles. The number of benzene rings is 2. The van der Waals surface area contributed by atoms with Crippen LogP contribution in [0.4, 0.5) is 5.13 Å². The highest BCUT2D eigenvalue weighted by atomic mass is 35.5. The molecule has 0 aliphatic heterocycles. The molecule has 1 heterocycles. The molecule has 0 amide bonds. The Balaban J connectivity index is 1.88. The van der Waals surface area contributed by atoms with Gasteiger partial charge < -0.3 is 14.8 Å². The molecule has 6 heteroatoms. The second-order valence-electron chi connectivity index (χ2n) is 8.44. The van der Waals surface area contributed by atoms with Crippen LogP contribution in [0.15, 0.2) is 36.4 Å². The van der Waals surface area contributed by atoms with Crippen molar-refractivity contribution in [1.82, 2.24) is 4.98 Å². The fraction of sp³-hybridized carbons (Fsp3) is 0.393. The second-order valence-corrected chi connectivity index (χ2v) is 10.0. The molecule has 3 rings (SSSR count). The molecule has 4 nitrogen and oxygen atoms in total. The van der Waals surface area contributed by atoms with E-state index < -0.39 is 0 Å². The van der Waals surface area contributed by atoms with Gasteiger partial charge in [-0.2, -0.15) is 0 Å². The molecule has 34 heavy (non-hydrogen) atoms. The molecule has 1 aromatic heterocycles.